The van der Waals surface area contributed by atoms with Gasteiger partial charge in [-0.2, -0.15) is 0 Å². The molecule has 6 rings (SSSR count). The van der Waals surface area contributed by atoms with Gasteiger partial charge in [0.15, 0.2) is 11.5 Å². The van der Waals surface area contributed by atoms with Crippen LogP contribution in [0.5, 0.6) is 11.5 Å². The van der Waals surface area contributed by atoms with Crippen molar-refractivity contribution in [2.24, 2.45) is 0 Å². The molecular weight excluding hydrogens is 452 g/mol. The maximum atomic E-state index is 13.7. The van der Waals surface area contributed by atoms with Gasteiger partial charge in [0, 0.05) is 36.5 Å². The zero-order valence-electron chi connectivity index (χ0n) is 18.7. The van der Waals surface area contributed by atoms with E-state index in [4.69, 9.17) is 14.2 Å². The van der Waals surface area contributed by atoms with Crippen LogP contribution in [0.15, 0.2) is 60.7 Å². The molecule has 0 spiro atoms. The van der Waals surface area contributed by atoms with Crippen molar-refractivity contribution < 1.29 is 23.9 Å². The lowest BCUT2D eigenvalue weighted by molar-refractivity contribution is -0.384. The topological polar surface area (TPSA) is 106 Å². The van der Waals surface area contributed by atoms with E-state index in [2.05, 4.69) is 5.32 Å². The Hall–Kier alpha value is -4.31. The number of carbonyl (C=O) groups excluding carboxylic acids is 1. The van der Waals surface area contributed by atoms with Gasteiger partial charge in [0.2, 0.25) is 6.79 Å². The minimum atomic E-state index is -0.671. The van der Waals surface area contributed by atoms with Crippen molar-refractivity contribution in [3.8, 4) is 11.5 Å². The summed E-state index contributed by atoms with van der Waals surface area (Å²) in [4.78, 5) is 28.9. The lowest BCUT2D eigenvalue weighted by Crippen LogP contribution is -2.43. The molecule has 0 aromatic heterocycles. The van der Waals surface area contributed by atoms with Gasteiger partial charge in [0.25, 0.3) is 11.6 Å². The number of fused-ring (bicyclic) bond motifs is 2. The quantitative estimate of drug-likeness (QED) is 0.448. The number of para-hydroxylation sites is 1. The molecule has 3 heterocycles. The molecule has 3 aliphatic rings. The summed E-state index contributed by atoms with van der Waals surface area (Å²) in [6.45, 7) is 2.32. The third-order valence-electron chi connectivity index (χ3n) is 6.42. The molecule has 178 valence electrons. The average molecular weight is 474 g/mol. The monoisotopic (exact) mass is 474 g/mol. The summed E-state index contributed by atoms with van der Waals surface area (Å²) in [5, 5.41) is 15.5. The molecule has 10 heteroatoms. The van der Waals surface area contributed by atoms with E-state index < -0.39 is 6.17 Å². The number of anilines is 3. The Morgan fingerprint density at radius 3 is 2.60 bits per heavy atom. The molecule has 1 saturated heterocycles. The van der Waals surface area contributed by atoms with Crippen molar-refractivity contribution >= 4 is 28.7 Å². The first-order valence-corrected chi connectivity index (χ1v) is 11.3. The first-order chi connectivity index (χ1) is 17.1. The van der Waals surface area contributed by atoms with Crippen molar-refractivity contribution in [2.75, 3.05) is 48.2 Å². The number of ether oxygens (including phenoxy) is 3. The Morgan fingerprint density at radius 2 is 1.77 bits per heavy atom. The predicted octanol–water partition coefficient (Wildman–Crippen LogP) is 3.93. The lowest BCUT2D eigenvalue weighted by Gasteiger charge is -2.38. The highest BCUT2D eigenvalue weighted by Crippen LogP contribution is 2.42. The molecule has 1 amide bonds. The zero-order valence-corrected chi connectivity index (χ0v) is 18.7. The van der Waals surface area contributed by atoms with Crippen molar-refractivity contribution in [1.29, 1.82) is 0 Å². The van der Waals surface area contributed by atoms with Crippen LogP contribution >= 0.6 is 0 Å². The number of benzene rings is 3. The SMILES string of the molecule is O=C1c2ccccc2NC(c2ccc(N3CCOCC3)c([N+](=O)[O-])c2)N1c1ccc2c(c1)OCO2. The summed E-state index contributed by atoms with van der Waals surface area (Å²) in [7, 11) is 0. The Balaban J connectivity index is 1.45. The van der Waals surface area contributed by atoms with E-state index in [1.807, 2.05) is 23.1 Å². The Labute approximate surface area is 200 Å². The van der Waals surface area contributed by atoms with Crippen LogP contribution in [0.3, 0.4) is 0 Å². The number of nitrogens with zero attached hydrogens (tertiary/aromatic N) is 3. The van der Waals surface area contributed by atoms with Gasteiger partial charge < -0.3 is 24.4 Å². The predicted molar refractivity (Wildman–Crippen MR) is 128 cm³/mol. The van der Waals surface area contributed by atoms with Gasteiger partial charge >= 0.3 is 0 Å². The summed E-state index contributed by atoms with van der Waals surface area (Å²) in [5.41, 5.74) is 2.89. The molecule has 0 saturated carbocycles. The normalized spacial score (nSPS) is 18.7. The summed E-state index contributed by atoms with van der Waals surface area (Å²) < 4.78 is 16.3. The number of hydrogen-bond donors (Lipinski definition) is 1. The second kappa shape index (κ2) is 8.48. The molecule has 3 aromatic carbocycles. The molecule has 3 aromatic rings. The highest BCUT2D eigenvalue weighted by molar-refractivity contribution is 6.12. The van der Waals surface area contributed by atoms with Gasteiger partial charge in [0.05, 0.1) is 29.4 Å². The van der Waals surface area contributed by atoms with Crippen LogP contribution in [0, 0.1) is 10.1 Å². The standard InChI is InChI=1S/C25H22N4O6/c30-25-18-3-1-2-4-19(18)26-24(28(25)17-6-8-22-23(14-17)35-15-34-22)16-5-7-20(21(13-16)29(31)32)27-9-11-33-12-10-27/h1-8,13-14,24,26H,9-12,15H2. The van der Waals surface area contributed by atoms with Gasteiger partial charge in [-0.15, -0.1) is 0 Å². The molecule has 1 N–H and O–H groups in total. The fourth-order valence-corrected chi connectivity index (χ4v) is 4.72. The smallest absolute Gasteiger partial charge is 0.292 e. The number of hydrogen-bond acceptors (Lipinski definition) is 8. The summed E-state index contributed by atoms with van der Waals surface area (Å²) in [6.07, 6.45) is -0.671. The molecule has 35 heavy (non-hydrogen) atoms. The van der Waals surface area contributed by atoms with Crippen LogP contribution in [0.4, 0.5) is 22.7 Å². The minimum absolute atomic E-state index is 0.0110. The van der Waals surface area contributed by atoms with Crippen LogP contribution in [-0.4, -0.2) is 43.9 Å². The van der Waals surface area contributed by atoms with Crippen molar-refractivity contribution in [2.45, 2.75) is 6.17 Å². The number of nitro groups is 1. The first kappa shape index (κ1) is 21.2. The second-order valence-electron chi connectivity index (χ2n) is 8.41. The van der Waals surface area contributed by atoms with Gasteiger partial charge in [-0.1, -0.05) is 18.2 Å². The summed E-state index contributed by atoms with van der Waals surface area (Å²) >= 11 is 0. The number of nitro benzene ring substituents is 1. The van der Waals surface area contributed by atoms with Crippen LogP contribution in [0.1, 0.15) is 22.1 Å². The molecule has 0 aliphatic carbocycles. The van der Waals surface area contributed by atoms with Crippen molar-refractivity contribution in [3.63, 3.8) is 0 Å². The first-order valence-electron chi connectivity index (χ1n) is 11.3. The van der Waals surface area contributed by atoms with E-state index >= 15 is 0 Å². The van der Waals surface area contributed by atoms with E-state index in [1.165, 1.54) is 0 Å². The fourth-order valence-electron chi connectivity index (χ4n) is 4.72. The number of nitrogens with one attached hydrogen (secondary N) is 1. The van der Waals surface area contributed by atoms with E-state index in [1.54, 1.807) is 47.4 Å². The molecular formula is C25H22N4O6. The van der Waals surface area contributed by atoms with E-state index in [0.717, 1.165) is 0 Å². The molecule has 0 bridgehead atoms. The van der Waals surface area contributed by atoms with Crippen LogP contribution in [-0.2, 0) is 4.74 Å². The summed E-state index contributed by atoms with van der Waals surface area (Å²) in [5.74, 6) is 0.929. The molecule has 1 atom stereocenters. The number of amides is 1. The zero-order chi connectivity index (χ0) is 23.9. The van der Waals surface area contributed by atoms with Gasteiger partial charge in [-0.05, 0) is 30.3 Å². The Bertz CT molecular complexity index is 1320. The Kier molecular flexibility index (Phi) is 5.14. The minimum Gasteiger partial charge on any atom is -0.454 e. The van der Waals surface area contributed by atoms with Crippen LogP contribution < -0.4 is 24.6 Å². The molecule has 0 radical (unpaired) electrons. The lowest BCUT2D eigenvalue weighted by atomic mass is 10.0. The summed E-state index contributed by atoms with van der Waals surface area (Å²) in [6, 6.07) is 17.6. The highest BCUT2D eigenvalue weighted by atomic mass is 16.7. The largest absolute Gasteiger partial charge is 0.454 e. The van der Waals surface area contributed by atoms with E-state index in [0.29, 0.717) is 66.0 Å². The van der Waals surface area contributed by atoms with Gasteiger partial charge in [-0.3, -0.25) is 19.8 Å². The van der Waals surface area contributed by atoms with Crippen LogP contribution in [0.25, 0.3) is 0 Å². The maximum absolute atomic E-state index is 13.7. The number of carbonyl (C=O) groups is 1. The molecule has 1 unspecified atom stereocenters. The van der Waals surface area contributed by atoms with Gasteiger partial charge in [0.1, 0.15) is 11.9 Å². The molecule has 3 aliphatic heterocycles. The third-order valence-corrected chi connectivity index (χ3v) is 6.42. The fraction of sp³-hybridized carbons (Fsp3) is 0.240. The second-order valence-corrected chi connectivity index (χ2v) is 8.41. The number of morpholine rings is 1. The third kappa shape index (κ3) is 3.68. The molecule has 10 nitrogen and oxygen atoms in total. The average Bonchev–Trinajstić information content (AvgIpc) is 3.37. The van der Waals surface area contributed by atoms with Crippen molar-refractivity contribution in [3.05, 3.63) is 81.9 Å². The maximum Gasteiger partial charge on any atom is 0.292 e. The van der Waals surface area contributed by atoms with E-state index in [-0.39, 0.29) is 23.3 Å². The number of rotatable bonds is 4. The Morgan fingerprint density at radius 1 is 0.971 bits per heavy atom. The van der Waals surface area contributed by atoms with E-state index in [9.17, 15) is 14.9 Å². The molecule has 1 fully saturated rings. The van der Waals surface area contributed by atoms with Crippen LogP contribution in [0.2, 0.25) is 0 Å². The van der Waals surface area contributed by atoms with Crippen molar-refractivity contribution in [1.82, 2.24) is 0 Å². The van der Waals surface area contributed by atoms with Gasteiger partial charge in [-0.25, -0.2) is 0 Å². The highest BCUT2D eigenvalue weighted by Gasteiger charge is 2.36.